The summed E-state index contributed by atoms with van der Waals surface area (Å²) in [5, 5.41) is 3.49. The second-order valence-corrected chi connectivity index (χ2v) is 7.53. The molecule has 3 aromatic rings. The van der Waals surface area contributed by atoms with Crippen molar-refractivity contribution >= 4 is 23.1 Å². The maximum Gasteiger partial charge on any atom is 0.193 e. The molecule has 1 aromatic heterocycles. The predicted molar refractivity (Wildman–Crippen MR) is 125 cm³/mol. The van der Waals surface area contributed by atoms with Crippen LogP contribution in [-0.4, -0.2) is 72.0 Å². The van der Waals surface area contributed by atoms with Crippen LogP contribution in [-0.2, 0) is 6.42 Å². The van der Waals surface area contributed by atoms with E-state index in [9.17, 15) is 0 Å². The number of para-hydroxylation sites is 2. The molecule has 0 amide bonds. The Hall–Kier alpha value is -3.12. The summed E-state index contributed by atoms with van der Waals surface area (Å²) in [6, 6.07) is 18.6. The second kappa shape index (κ2) is 10.1. The minimum absolute atomic E-state index is 0.812. The Morgan fingerprint density at radius 3 is 2.60 bits per heavy atom. The van der Waals surface area contributed by atoms with Gasteiger partial charge in [0.15, 0.2) is 5.96 Å². The molecule has 0 saturated carbocycles. The van der Waals surface area contributed by atoms with Crippen molar-refractivity contribution in [2.45, 2.75) is 6.42 Å². The van der Waals surface area contributed by atoms with Gasteiger partial charge in [-0.2, -0.15) is 0 Å². The van der Waals surface area contributed by atoms with Crippen LogP contribution in [0.25, 0.3) is 17.1 Å². The summed E-state index contributed by atoms with van der Waals surface area (Å²) < 4.78 is 0. The van der Waals surface area contributed by atoms with Crippen LogP contribution in [0.15, 0.2) is 65.7 Å². The van der Waals surface area contributed by atoms with Gasteiger partial charge in [0.1, 0.15) is 5.82 Å². The molecule has 0 atom stereocenters. The van der Waals surface area contributed by atoms with Crippen molar-refractivity contribution in [3.05, 3.63) is 72.1 Å². The lowest BCUT2D eigenvalue weighted by atomic mass is 10.2. The third kappa shape index (κ3) is 5.27. The molecule has 0 aliphatic carbocycles. The summed E-state index contributed by atoms with van der Waals surface area (Å²) in [6.45, 7) is 5.87. The Labute approximate surface area is 178 Å². The quantitative estimate of drug-likeness (QED) is 0.492. The van der Waals surface area contributed by atoms with Gasteiger partial charge in [-0.3, -0.25) is 9.89 Å². The van der Waals surface area contributed by atoms with Gasteiger partial charge in [0, 0.05) is 52.7 Å². The number of hydrogen-bond donors (Lipinski definition) is 2. The van der Waals surface area contributed by atoms with E-state index in [0.29, 0.717) is 0 Å². The molecule has 1 fully saturated rings. The SMILES string of the molecule is CN=C(NCCc1nc2ccccc2[nH]1)N1CCN(C/C=C/c2ccccc2)CC1. The molecule has 1 aliphatic heterocycles. The maximum atomic E-state index is 4.65. The van der Waals surface area contributed by atoms with Crippen molar-refractivity contribution in [2.24, 2.45) is 4.99 Å². The molecule has 30 heavy (non-hydrogen) atoms. The molecule has 6 nitrogen and oxygen atoms in total. The molecule has 0 radical (unpaired) electrons. The van der Waals surface area contributed by atoms with Crippen LogP contribution in [0.1, 0.15) is 11.4 Å². The van der Waals surface area contributed by atoms with Crippen LogP contribution in [0.3, 0.4) is 0 Å². The van der Waals surface area contributed by atoms with Gasteiger partial charge in [0.2, 0.25) is 0 Å². The minimum atomic E-state index is 0.812. The lowest BCUT2D eigenvalue weighted by Gasteiger charge is -2.36. The molecule has 6 heteroatoms. The smallest absolute Gasteiger partial charge is 0.193 e. The number of imidazole rings is 1. The average molecular weight is 403 g/mol. The summed E-state index contributed by atoms with van der Waals surface area (Å²) in [5.74, 6) is 1.99. The zero-order valence-electron chi connectivity index (χ0n) is 17.6. The lowest BCUT2D eigenvalue weighted by Crippen LogP contribution is -2.52. The Bertz CT molecular complexity index is 950. The number of rotatable bonds is 6. The fourth-order valence-electron chi connectivity index (χ4n) is 3.79. The number of nitrogens with zero attached hydrogens (tertiary/aromatic N) is 4. The highest BCUT2D eigenvalue weighted by molar-refractivity contribution is 5.80. The average Bonchev–Trinajstić information content (AvgIpc) is 3.21. The van der Waals surface area contributed by atoms with Crippen molar-refractivity contribution < 1.29 is 0 Å². The second-order valence-electron chi connectivity index (χ2n) is 7.53. The maximum absolute atomic E-state index is 4.65. The van der Waals surface area contributed by atoms with E-state index in [0.717, 1.165) is 68.5 Å². The summed E-state index contributed by atoms with van der Waals surface area (Å²) in [7, 11) is 1.86. The molecule has 0 unspecified atom stereocenters. The van der Waals surface area contributed by atoms with Gasteiger partial charge in [0.25, 0.3) is 0 Å². The van der Waals surface area contributed by atoms with E-state index < -0.39 is 0 Å². The van der Waals surface area contributed by atoms with Crippen molar-refractivity contribution in [3.63, 3.8) is 0 Å². The Kier molecular flexibility index (Phi) is 6.77. The van der Waals surface area contributed by atoms with Crippen LogP contribution in [0.4, 0.5) is 0 Å². The Morgan fingerprint density at radius 2 is 1.83 bits per heavy atom. The van der Waals surface area contributed by atoms with E-state index in [1.165, 1.54) is 5.56 Å². The Morgan fingerprint density at radius 1 is 1.07 bits per heavy atom. The number of aliphatic imine (C=N–C) groups is 1. The number of aromatic nitrogens is 2. The van der Waals surface area contributed by atoms with E-state index in [4.69, 9.17) is 0 Å². The molecular formula is C24H30N6. The molecule has 1 saturated heterocycles. The van der Waals surface area contributed by atoms with E-state index in [-0.39, 0.29) is 0 Å². The number of hydrogen-bond acceptors (Lipinski definition) is 3. The fourth-order valence-corrected chi connectivity index (χ4v) is 3.79. The molecular weight excluding hydrogens is 372 g/mol. The minimum Gasteiger partial charge on any atom is -0.356 e. The van der Waals surface area contributed by atoms with Crippen LogP contribution >= 0.6 is 0 Å². The zero-order valence-corrected chi connectivity index (χ0v) is 17.6. The van der Waals surface area contributed by atoms with Crippen molar-refractivity contribution in [3.8, 4) is 0 Å². The summed E-state index contributed by atoms with van der Waals surface area (Å²) in [4.78, 5) is 17.3. The largest absolute Gasteiger partial charge is 0.356 e. The number of benzene rings is 2. The highest BCUT2D eigenvalue weighted by atomic mass is 15.3. The molecule has 156 valence electrons. The molecule has 2 N–H and O–H groups in total. The first-order chi connectivity index (χ1) is 14.8. The van der Waals surface area contributed by atoms with Gasteiger partial charge >= 0.3 is 0 Å². The first-order valence-electron chi connectivity index (χ1n) is 10.6. The van der Waals surface area contributed by atoms with Crippen LogP contribution in [0.2, 0.25) is 0 Å². The van der Waals surface area contributed by atoms with E-state index >= 15 is 0 Å². The normalized spacial score (nSPS) is 15.9. The van der Waals surface area contributed by atoms with Gasteiger partial charge < -0.3 is 15.2 Å². The third-order valence-corrected chi connectivity index (χ3v) is 5.44. The van der Waals surface area contributed by atoms with Crippen molar-refractivity contribution in [2.75, 3.05) is 46.3 Å². The Balaban J connectivity index is 1.20. The highest BCUT2D eigenvalue weighted by Gasteiger charge is 2.18. The number of fused-ring (bicyclic) bond motifs is 1. The fraction of sp³-hybridized carbons (Fsp3) is 0.333. The number of aromatic amines is 1. The number of piperazine rings is 1. The van der Waals surface area contributed by atoms with Crippen molar-refractivity contribution in [1.29, 1.82) is 0 Å². The summed E-state index contributed by atoms with van der Waals surface area (Å²) in [6.07, 6.45) is 5.30. The molecule has 4 rings (SSSR count). The summed E-state index contributed by atoms with van der Waals surface area (Å²) in [5.41, 5.74) is 3.37. The molecule has 0 bridgehead atoms. The molecule has 1 aliphatic rings. The van der Waals surface area contributed by atoms with Gasteiger partial charge in [-0.15, -0.1) is 0 Å². The van der Waals surface area contributed by atoms with E-state index in [1.54, 1.807) is 0 Å². The number of H-pyrrole nitrogens is 1. The summed E-state index contributed by atoms with van der Waals surface area (Å²) >= 11 is 0. The molecule has 2 heterocycles. The van der Waals surface area contributed by atoms with Crippen LogP contribution in [0, 0.1) is 0 Å². The number of guanidine groups is 1. The van der Waals surface area contributed by atoms with Crippen molar-refractivity contribution in [1.82, 2.24) is 25.1 Å². The molecule has 0 spiro atoms. The van der Waals surface area contributed by atoms with Crippen LogP contribution < -0.4 is 5.32 Å². The third-order valence-electron chi connectivity index (χ3n) is 5.44. The van der Waals surface area contributed by atoms with Gasteiger partial charge in [0.05, 0.1) is 11.0 Å². The van der Waals surface area contributed by atoms with Crippen LogP contribution in [0.5, 0.6) is 0 Å². The predicted octanol–water partition coefficient (Wildman–Crippen LogP) is 3.01. The topological polar surface area (TPSA) is 59.6 Å². The number of nitrogens with one attached hydrogen (secondary N) is 2. The highest BCUT2D eigenvalue weighted by Crippen LogP contribution is 2.10. The van der Waals surface area contributed by atoms with E-state index in [2.05, 4.69) is 72.6 Å². The molecule has 2 aromatic carbocycles. The first kappa shape index (κ1) is 20.2. The first-order valence-corrected chi connectivity index (χ1v) is 10.6. The lowest BCUT2D eigenvalue weighted by molar-refractivity contribution is 0.194. The van der Waals surface area contributed by atoms with Gasteiger partial charge in [-0.1, -0.05) is 54.6 Å². The van der Waals surface area contributed by atoms with E-state index in [1.807, 2.05) is 31.3 Å². The van der Waals surface area contributed by atoms with Gasteiger partial charge in [-0.05, 0) is 17.7 Å². The van der Waals surface area contributed by atoms with Gasteiger partial charge in [-0.25, -0.2) is 4.98 Å². The monoisotopic (exact) mass is 402 g/mol. The zero-order chi connectivity index (χ0) is 20.6. The standard InChI is InChI=1S/C24H30N6/c1-25-24(26-14-13-23-27-21-11-5-6-12-22(21)28-23)30-18-16-29(17-19-30)15-7-10-20-8-3-2-4-9-20/h2-12H,13-19H2,1H3,(H,25,26)(H,27,28)/b10-7+.